The standard InChI is InChI=1S/C22H29N3O3/c1-21(2)11-12-22(3,4)15-24-19(13-23-14-21)18(25-28)10-7-16-5-8-17(9-6-16)20(26)27/h5-10,13,28H,11-12,14-15H2,1-4H3,(H,26,27)/b10-7+,23-13-,24-19+,25-18+. The number of carboxylic acid groups (broad SMARTS) is 1. The Hall–Kier alpha value is -2.76. The molecule has 0 unspecified atom stereocenters. The molecule has 0 bridgehead atoms. The van der Waals surface area contributed by atoms with Gasteiger partial charge in [0.05, 0.1) is 5.56 Å². The highest BCUT2D eigenvalue weighted by atomic mass is 16.4. The lowest BCUT2D eigenvalue weighted by Gasteiger charge is -2.30. The first-order chi connectivity index (χ1) is 13.1. The maximum atomic E-state index is 10.9. The zero-order chi connectivity index (χ0) is 20.8. The highest BCUT2D eigenvalue weighted by Gasteiger charge is 2.25. The maximum absolute atomic E-state index is 10.9. The molecule has 0 spiro atoms. The summed E-state index contributed by atoms with van der Waals surface area (Å²) >= 11 is 0. The molecule has 0 aromatic heterocycles. The van der Waals surface area contributed by atoms with E-state index in [0.29, 0.717) is 24.5 Å². The SMILES string of the molecule is CC1(C)CCC(C)(C)C/N=C(C(/C=C/c2ccc(C(=O)O)cc2)=N/O)\C=N/C1. The van der Waals surface area contributed by atoms with Crippen molar-refractivity contribution in [3.63, 3.8) is 0 Å². The zero-order valence-corrected chi connectivity index (χ0v) is 17.0. The van der Waals surface area contributed by atoms with Crippen LogP contribution in [0, 0.1) is 10.8 Å². The summed E-state index contributed by atoms with van der Waals surface area (Å²) in [6.07, 6.45) is 7.21. The lowest BCUT2D eigenvalue weighted by atomic mass is 9.79. The van der Waals surface area contributed by atoms with E-state index in [2.05, 4.69) is 42.8 Å². The number of aliphatic imine (C=N–C) groups is 2. The van der Waals surface area contributed by atoms with E-state index in [0.717, 1.165) is 18.4 Å². The molecule has 6 nitrogen and oxygen atoms in total. The molecular formula is C22H29N3O3. The summed E-state index contributed by atoms with van der Waals surface area (Å²) in [5.74, 6) is -0.967. The van der Waals surface area contributed by atoms with E-state index in [4.69, 9.17) is 5.11 Å². The smallest absolute Gasteiger partial charge is 0.335 e. The highest BCUT2D eigenvalue weighted by molar-refractivity contribution is 6.65. The molecule has 150 valence electrons. The number of hydrogen-bond donors (Lipinski definition) is 2. The quantitative estimate of drug-likeness (QED) is 0.452. The number of carboxylic acids is 1. The first-order valence-corrected chi connectivity index (χ1v) is 9.40. The van der Waals surface area contributed by atoms with Gasteiger partial charge in [0, 0.05) is 19.3 Å². The normalized spacial score (nSPS) is 23.0. The van der Waals surface area contributed by atoms with Gasteiger partial charge in [-0.05, 0) is 47.4 Å². The molecule has 2 rings (SSSR count). The molecule has 1 aromatic carbocycles. The lowest BCUT2D eigenvalue weighted by Crippen LogP contribution is -2.26. The summed E-state index contributed by atoms with van der Waals surface area (Å²) in [6.45, 7) is 10.1. The van der Waals surface area contributed by atoms with Gasteiger partial charge >= 0.3 is 5.97 Å². The van der Waals surface area contributed by atoms with Gasteiger partial charge in [-0.2, -0.15) is 0 Å². The summed E-state index contributed by atoms with van der Waals surface area (Å²) in [6, 6.07) is 6.46. The van der Waals surface area contributed by atoms with E-state index in [1.807, 2.05) is 0 Å². The van der Waals surface area contributed by atoms with Crippen molar-refractivity contribution in [3.05, 3.63) is 41.5 Å². The molecule has 1 heterocycles. The van der Waals surface area contributed by atoms with Crippen LogP contribution in [0.15, 0.2) is 45.5 Å². The predicted octanol–water partition coefficient (Wildman–Crippen LogP) is 4.59. The largest absolute Gasteiger partial charge is 0.478 e. The summed E-state index contributed by atoms with van der Waals surface area (Å²) in [5.41, 5.74) is 2.03. The van der Waals surface area contributed by atoms with Crippen molar-refractivity contribution in [2.45, 2.75) is 40.5 Å². The minimum atomic E-state index is -0.967. The molecule has 6 heteroatoms. The summed E-state index contributed by atoms with van der Waals surface area (Å²) < 4.78 is 0. The number of aromatic carboxylic acids is 1. The van der Waals surface area contributed by atoms with Crippen molar-refractivity contribution >= 4 is 29.7 Å². The van der Waals surface area contributed by atoms with Crippen LogP contribution in [0.3, 0.4) is 0 Å². The van der Waals surface area contributed by atoms with Crippen molar-refractivity contribution in [3.8, 4) is 0 Å². The first kappa shape index (κ1) is 21.5. The zero-order valence-electron chi connectivity index (χ0n) is 17.0. The van der Waals surface area contributed by atoms with Crippen LogP contribution in [-0.2, 0) is 0 Å². The molecule has 1 aliphatic heterocycles. The van der Waals surface area contributed by atoms with Crippen LogP contribution >= 0.6 is 0 Å². The van der Waals surface area contributed by atoms with Crippen molar-refractivity contribution in [2.24, 2.45) is 26.0 Å². The Labute approximate surface area is 166 Å². The number of carbonyl (C=O) groups is 1. The number of benzene rings is 1. The Morgan fingerprint density at radius 1 is 1.07 bits per heavy atom. The fourth-order valence-electron chi connectivity index (χ4n) is 2.78. The molecule has 0 radical (unpaired) electrons. The first-order valence-electron chi connectivity index (χ1n) is 9.40. The molecule has 1 aliphatic rings. The maximum Gasteiger partial charge on any atom is 0.335 e. The van der Waals surface area contributed by atoms with Crippen LogP contribution in [0.2, 0.25) is 0 Å². The van der Waals surface area contributed by atoms with Crippen LogP contribution in [0.4, 0.5) is 0 Å². The van der Waals surface area contributed by atoms with Crippen LogP contribution in [0.25, 0.3) is 6.08 Å². The summed E-state index contributed by atoms with van der Waals surface area (Å²) in [4.78, 5) is 20.1. The van der Waals surface area contributed by atoms with Gasteiger partial charge in [-0.1, -0.05) is 51.1 Å². The fourth-order valence-corrected chi connectivity index (χ4v) is 2.78. The molecule has 0 fully saturated rings. The van der Waals surface area contributed by atoms with Crippen LogP contribution in [0.5, 0.6) is 0 Å². The van der Waals surface area contributed by atoms with Crippen molar-refractivity contribution in [1.29, 1.82) is 0 Å². The van der Waals surface area contributed by atoms with Gasteiger partial charge in [-0.25, -0.2) is 4.79 Å². The van der Waals surface area contributed by atoms with E-state index in [-0.39, 0.29) is 16.4 Å². The van der Waals surface area contributed by atoms with E-state index < -0.39 is 5.97 Å². The second-order valence-electron chi connectivity index (χ2n) is 8.75. The predicted molar refractivity (Wildman–Crippen MR) is 114 cm³/mol. The highest BCUT2D eigenvalue weighted by Crippen LogP contribution is 2.31. The van der Waals surface area contributed by atoms with Crippen LogP contribution in [0.1, 0.15) is 56.5 Å². The second kappa shape index (κ2) is 8.95. The molecule has 28 heavy (non-hydrogen) atoms. The number of nitrogens with zero attached hydrogens (tertiary/aromatic N) is 3. The van der Waals surface area contributed by atoms with Gasteiger partial charge < -0.3 is 10.3 Å². The van der Waals surface area contributed by atoms with E-state index in [1.165, 1.54) is 12.1 Å². The second-order valence-corrected chi connectivity index (χ2v) is 8.75. The summed E-state index contributed by atoms with van der Waals surface area (Å²) in [5, 5.41) is 21.9. The minimum Gasteiger partial charge on any atom is -0.478 e. The summed E-state index contributed by atoms with van der Waals surface area (Å²) in [7, 11) is 0. The van der Waals surface area contributed by atoms with Gasteiger partial charge in [0.25, 0.3) is 0 Å². The van der Waals surface area contributed by atoms with Gasteiger partial charge in [0.15, 0.2) is 0 Å². The third-order valence-electron chi connectivity index (χ3n) is 4.85. The lowest BCUT2D eigenvalue weighted by molar-refractivity contribution is 0.0697. The number of allylic oxidation sites excluding steroid dienone is 1. The Balaban J connectivity index is 2.25. The molecule has 0 atom stereocenters. The van der Waals surface area contributed by atoms with Gasteiger partial charge in [0.2, 0.25) is 0 Å². The average molecular weight is 383 g/mol. The molecule has 0 aliphatic carbocycles. The topological polar surface area (TPSA) is 94.6 Å². The number of oxime groups is 1. The Morgan fingerprint density at radius 3 is 2.25 bits per heavy atom. The molecule has 0 saturated carbocycles. The van der Waals surface area contributed by atoms with Crippen LogP contribution < -0.4 is 0 Å². The molecule has 0 saturated heterocycles. The Morgan fingerprint density at radius 2 is 1.68 bits per heavy atom. The van der Waals surface area contributed by atoms with E-state index in [9.17, 15) is 10.0 Å². The number of hydrogen-bond acceptors (Lipinski definition) is 5. The van der Waals surface area contributed by atoms with Gasteiger partial charge in [-0.3, -0.25) is 9.98 Å². The third kappa shape index (κ3) is 6.44. The van der Waals surface area contributed by atoms with Crippen molar-refractivity contribution in [2.75, 3.05) is 13.1 Å². The van der Waals surface area contributed by atoms with Gasteiger partial charge in [0.1, 0.15) is 11.4 Å². The minimum absolute atomic E-state index is 0.0463. The average Bonchev–Trinajstić information content (AvgIpc) is 2.64. The molecule has 0 amide bonds. The molecule has 1 aromatic rings. The van der Waals surface area contributed by atoms with E-state index in [1.54, 1.807) is 30.5 Å². The van der Waals surface area contributed by atoms with Crippen molar-refractivity contribution in [1.82, 2.24) is 0 Å². The van der Waals surface area contributed by atoms with E-state index >= 15 is 0 Å². The third-order valence-corrected chi connectivity index (χ3v) is 4.85. The molecular weight excluding hydrogens is 354 g/mol. The fraction of sp³-hybridized carbons (Fsp3) is 0.455. The van der Waals surface area contributed by atoms with Gasteiger partial charge in [-0.15, -0.1) is 0 Å². The van der Waals surface area contributed by atoms with Crippen LogP contribution in [-0.4, -0.2) is 47.0 Å². The monoisotopic (exact) mass is 383 g/mol. The molecule has 2 N–H and O–H groups in total. The Bertz CT molecular complexity index is 816. The van der Waals surface area contributed by atoms with Crippen molar-refractivity contribution < 1.29 is 15.1 Å². The Kier molecular flexibility index (Phi) is 6.89. The number of rotatable bonds is 4.